The van der Waals surface area contributed by atoms with Crippen LogP contribution in [0, 0.1) is 0 Å². The molecule has 11 heavy (non-hydrogen) atoms. The van der Waals surface area contributed by atoms with E-state index in [-0.39, 0.29) is 5.91 Å². The SMILES string of the molecule is C=CCCOC(C)C(=O)NN. The molecule has 0 heterocycles. The molecule has 1 unspecified atom stereocenters. The van der Waals surface area contributed by atoms with Crippen molar-refractivity contribution in [2.24, 2.45) is 5.84 Å². The molecule has 1 atom stereocenters. The highest BCUT2D eigenvalue weighted by Gasteiger charge is 2.09. The van der Waals surface area contributed by atoms with Crippen LogP contribution in [0.2, 0.25) is 0 Å². The third kappa shape index (κ3) is 4.52. The molecule has 0 aliphatic rings. The molecule has 0 aromatic carbocycles. The van der Waals surface area contributed by atoms with Crippen LogP contribution in [0.3, 0.4) is 0 Å². The molecule has 0 bridgehead atoms. The van der Waals surface area contributed by atoms with E-state index in [2.05, 4.69) is 6.58 Å². The summed E-state index contributed by atoms with van der Waals surface area (Å²) in [5.74, 6) is 4.57. The Balaban J connectivity index is 3.43. The molecule has 0 saturated heterocycles. The number of hydrogen-bond acceptors (Lipinski definition) is 3. The van der Waals surface area contributed by atoms with Gasteiger partial charge >= 0.3 is 0 Å². The van der Waals surface area contributed by atoms with Crippen LogP contribution in [-0.2, 0) is 9.53 Å². The minimum absolute atomic E-state index is 0.311. The Morgan fingerprint density at radius 2 is 2.55 bits per heavy atom. The van der Waals surface area contributed by atoms with Crippen molar-refractivity contribution in [3.05, 3.63) is 12.7 Å². The molecule has 3 N–H and O–H groups in total. The fourth-order valence-electron chi connectivity index (χ4n) is 0.521. The highest BCUT2D eigenvalue weighted by molar-refractivity contribution is 5.79. The number of carbonyl (C=O) groups excluding carboxylic acids is 1. The van der Waals surface area contributed by atoms with Gasteiger partial charge in [-0.05, 0) is 13.3 Å². The van der Waals surface area contributed by atoms with Crippen LogP contribution in [0.5, 0.6) is 0 Å². The summed E-state index contributed by atoms with van der Waals surface area (Å²) in [6, 6.07) is 0. The summed E-state index contributed by atoms with van der Waals surface area (Å²) < 4.78 is 5.07. The Morgan fingerprint density at radius 3 is 3.00 bits per heavy atom. The third-order valence-corrected chi connectivity index (χ3v) is 1.20. The second kappa shape index (κ2) is 5.88. The van der Waals surface area contributed by atoms with Crippen LogP contribution in [-0.4, -0.2) is 18.6 Å². The van der Waals surface area contributed by atoms with Gasteiger partial charge in [0.2, 0.25) is 0 Å². The molecule has 0 aromatic rings. The van der Waals surface area contributed by atoms with Crippen molar-refractivity contribution < 1.29 is 9.53 Å². The van der Waals surface area contributed by atoms with Crippen LogP contribution >= 0.6 is 0 Å². The van der Waals surface area contributed by atoms with E-state index in [1.54, 1.807) is 13.0 Å². The van der Waals surface area contributed by atoms with Crippen molar-refractivity contribution in [2.75, 3.05) is 6.61 Å². The van der Waals surface area contributed by atoms with Crippen molar-refractivity contribution in [3.63, 3.8) is 0 Å². The van der Waals surface area contributed by atoms with Gasteiger partial charge in [-0.15, -0.1) is 6.58 Å². The highest BCUT2D eigenvalue weighted by atomic mass is 16.5. The number of rotatable bonds is 5. The van der Waals surface area contributed by atoms with Gasteiger partial charge in [-0.1, -0.05) is 6.08 Å². The second-order valence-corrected chi connectivity index (χ2v) is 2.10. The predicted molar refractivity (Wildman–Crippen MR) is 42.6 cm³/mol. The number of hydrazine groups is 1. The number of hydrogen-bond donors (Lipinski definition) is 2. The summed E-state index contributed by atoms with van der Waals surface area (Å²) in [7, 11) is 0. The molecule has 64 valence electrons. The van der Waals surface area contributed by atoms with Crippen LogP contribution in [0.15, 0.2) is 12.7 Å². The fraction of sp³-hybridized carbons (Fsp3) is 0.571. The molecule has 0 saturated carbocycles. The Labute approximate surface area is 66.4 Å². The normalized spacial score (nSPS) is 12.2. The van der Waals surface area contributed by atoms with Gasteiger partial charge in [-0.3, -0.25) is 10.2 Å². The number of ether oxygens (including phenoxy) is 1. The number of amides is 1. The summed E-state index contributed by atoms with van der Waals surface area (Å²) in [4.78, 5) is 10.7. The van der Waals surface area contributed by atoms with E-state index >= 15 is 0 Å². The van der Waals surface area contributed by atoms with E-state index in [9.17, 15) is 4.79 Å². The van der Waals surface area contributed by atoms with Crippen LogP contribution in [0.1, 0.15) is 13.3 Å². The average Bonchev–Trinajstić information content (AvgIpc) is 2.03. The molecule has 4 nitrogen and oxygen atoms in total. The summed E-state index contributed by atoms with van der Waals surface area (Å²) >= 11 is 0. The van der Waals surface area contributed by atoms with E-state index in [0.717, 1.165) is 6.42 Å². The Kier molecular flexibility index (Phi) is 5.42. The lowest BCUT2D eigenvalue weighted by Gasteiger charge is -2.09. The Bertz CT molecular complexity index is 136. The molecule has 1 amide bonds. The van der Waals surface area contributed by atoms with E-state index in [4.69, 9.17) is 10.6 Å². The molecule has 4 heteroatoms. The first-order valence-corrected chi connectivity index (χ1v) is 3.45. The quantitative estimate of drug-likeness (QED) is 0.194. The predicted octanol–water partition coefficient (Wildman–Crippen LogP) is -0.0425. The van der Waals surface area contributed by atoms with Gasteiger partial charge in [-0.2, -0.15) is 0 Å². The standard InChI is InChI=1S/C7H14N2O2/c1-3-4-5-11-6(2)7(10)9-8/h3,6H,1,4-5,8H2,2H3,(H,9,10). The topological polar surface area (TPSA) is 64.3 Å². The first kappa shape index (κ1) is 10.1. The van der Waals surface area contributed by atoms with E-state index in [1.165, 1.54) is 0 Å². The first-order valence-electron chi connectivity index (χ1n) is 3.45. The van der Waals surface area contributed by atoms with Gasteiger partial charge in [0.25, 0.3) is 5.91 Å². The molecule has 0 fully saturated rings. The highest BCUT2D eigenvalue weighted by Crippen LogP contribution is 1.91. The Morgan fingerprint density at radius 1 is 1.91 bits per heavy atom. The fourth-order valence-corrected chi connectivity index (χ4v) is 0.521. The van der Waals surface area contributed by atoms with Crippen molar-refractivity contribution in [2.45, 2.75) is 19.4 Å². The van der Waals surface area contributed by atoms with Gasteiger partial charge in [0.15, 0.2) is 0 Å². The second-order valence-electron chi connectivity index (χ2n) is 2.10. The van der Waals surface area contributed by atoms with Crippen molar-refractivity contribution in [3.8, 4) is 0 Å². The zero-order chi connectivity index (χ0) is 8.69. The van der Waals surface area contributed by atoms with Crippen LogP contribution in [0.4, 0.5) is 0 Å². The molecule has 0 rings (SSSR count). The zero-order valence-electron chi connectivity index (χ0n) is 6.67. The molecular formula is C7H14N2O2. The first-order chi connectivity index (χ1) is 5.22. The van der Waals surface area contributed by atoms with E-state index in [0.29, 0.717) is 6.61 Å². The smallest absolute Gasteiger partial charge is 0.262 e. The maximum atomic E-state index is 10.7. The van der Waals surface area contributed by atoms with Gasteiger partial charge in [0.1, 0.15) is 6.10 Å². The van der Waals surface area contributed by atoms with Crippen molar-refractivity contribution in [1.29, 1.82) is 0 Å². The number of nitrogens with one attached hydrogen (secondary N) is 1. The maximum Gasteiger partial charge on any atom is 0.262 e. The largest absolute Gasteiger partial charge is 0.368 e. The van der Waals surface area contributed by atoms with E-state index < -0.39 is 6.10 Å². The minimum atomic E-state index is -0.486. The number of nitrogens with two attached hydrogens (primary N) is 1. The van der Waals surface area contributed by atoms with E-state index in [1.807, 2.05) is 5.43 Å². The third-order valence-electron chi connectivity index (χ3n) is 1.20. The van der Waals surface area contributed by atoms with Crippen LogP contribution < -0.4 is 11.3 Å². The molecular weight excluding hydrogens is 144 g/mol. The monoisotopic (exact) mass is 158 g/mol. The Hall–Kier alpha value is -0.870. The summed E-state index contributed by atoms with van der Waals surface area (Å²) in [6.07, 6.45) is 1.98. The van der Waals surface area contributed by atoms with Crippen molar-refractivity contribution in [1.82, 2.24) is 5.43 Å². The molecule has 0 spiro atoms. The summed E-state index contributed by atoms with van der Waals surface area (Å²) in [5.41, 5.74) is 2.00. The van der Waals surface area contributed by atoms with Gasteiger partial charge in [0, 0.05) is 0 Å². The maximum absolute atomic E-state index is 10.7. The lowest BCUT2D eigenvalue weighted by molar-refractivity contribution is -0.131. The average molecular weight is 158 g/mol. The lowest BCUT2D eigenvalue weighted by atomic mass is 10.4. The minimum Gasteiger partial charge on any atom is -0.368 e. The summed E-state index contributed by atoms with van der Waals surface area (Å²) in [5, 5.41) is 0. The molecule has 0 aliphatic heterocycles. The van der Waals surface area contributed by atoms with Crippen LogP contribution in [0.25, 0.3) is 0 Å². The van der Waals surface area contributed by atoms with Gasteiger partial charge < -0.3 is 4.74 Å². The van der Waals surface area contributed by atoms with Crippen molar-refractivity contribution >= 4 is 5.91 Å². The summed E-state index contributed by atoms with van der Waals surface area (Å²) in [6.45, 7) is 5.66. The lowest BCUT2D eigenvalue weighted by Crippen LogP contribution is -2.39. The zero-order valence-corrected chi connectivity index (χ0v) is 6.67. The van der Waals surface area contributed by atoms with Gasteiger partial charge in [0.05, 0.1) is 6.61 Å². The molecule has 0 aliphatic carbocycles. The molecule has 0 radical (unpaired) electrons. The van der Waals surface area contributed by atoms with Gasteiger partial charge in [-0.25, -0.2) is 5.84 Å². The molecule has 0 aromatic heterocycles. The number of carbonyl (C=O) groups is 1.